The first-order valence-electron chi connectivity index (χ1n) is 4.33. The zero-order valence-corrected chi connectivity index (χ0v) is 8.14. The van der Waals surface area contributed by atoms with Gasteiger partial charge in [0.15, 0.2) is 0 Å². The van der Waals surface area contributed by atoms with Crippen molar-refractivity contribution >= 4 is 11.9 Å². The Labute approximate surface area is 83.9 Å². The molecule has 0 fully saturated rings. The lowest BCUT2D eigenvalue weighted by molar-refractivity contribution is 1.32. The van der Waals surface area contributed by atoms with E-state index in [4.69, 9.17) is 0 Å². The molecule has 1 N–H and O–H groups in total. The lowest BCUT2D eigenvalue weighted by Crippen LogP contribution is -1.98. The smallest absolute Gasteiger partial charge is 0.0570 e. The molecule has 1 aromatic rings. The fourth-order valence-electron chi connectivity index (χ4n) is 0.873. The van der Waals surface area contributed by atoms with Gasteiger partial charge in [0.1, 0.15) is 0 Å². The van der Waals surface area contributed by atoms with Crippen molar-refractivity contribution in [2.24, 2.45) is 4.99 Å². The van der Waals surface area contributed by atoms with Gasteiger partial charge in [0.25, 0.3) is 0 Å². The van der Waals surface area contributed by atoms with Crippen LogP contribution in [0.25, 0.3) is 0 Å². The first-order chi connectivity index (χ1) is 6.83. The van der Waals surface area contributed by atoms with Crippen molar-refractivity contribution in [3.05, 3.63) is 49.1 Å². The molecular formula is C11H13N3. The Balaban J connectivity index is 2.50. The van der Waals surface area contributed by atoms with Crippen molar-refractivity contribution in [1.82, 2.24) is 4.98 Å². The van der Waals surface area contributed by atoms with Crippen LogP contribution in [0.5, 0.6) is 0 Å². The van der Waals surface area contributed by atoms with E-state index in [9.17, 15) is 0 Å². The summed E-state index contributed by atoms with van der Waals surface area (Å²) in [7, 11) is 0. The number of nitrogens with zero attached hydrogens (tertiary/aromatic N) is 2. The molecule has 0 saturated heterocycles. The van der Waals surface area contributed by atoms with Crippen LogP contribution in [0.3, 0.4) is 0 Å². The lowest BCUT2D eigenvalue weighted by atomic mass is 10.4. The molecule has 0 bridgehead atoms. The fourth-order valence-corrected chi connectivity index (χ4v) is 0.873. The maximum atomic E-state index is 4.00. The van der Waals surface area contributed by atoms with E-state index in [-0.39, 0.29) is 0 Å². The van der Waals surface area contributed by atoms with Crippen LogP contribution in [-0.2, 0) is 0 Å². The normalized spacial score (nSPS) is 10.9. The molecule has 0 aliphatic carbocycles. The molecule has 3 nitrogen and oxygen atoms in total. The minimum atomic E-state index is 0.732. The third kappa shape index (κ3) is 3.67. The zero-order chi connectivity index (χ0) is 10.2. The number of nitrogens with one attached hydrogen (secondary N) is 1. The van der Waals surface area contributed by atoms with Crippen LogP contribution in [0.15, 0.2) is 54.1 Å². The van der Waals surface area contributed by atoms with Crippen molar-refractivity contribution in [3.63, 3.8) is 0 Å². The average molecular weight is 187 g/mol. The topological polar surface area (TPSA) is 37.3 Å². The van der Waals surface area contributed by atoms with Gasteiger partial charge < -0.3 is 5.32 Å². The highest BCUT2D eigenvalue weighted by Gasteiger charge is 1.90. The highest BCUT2D eigenvalue weighted by molar-refractivity contribution is 5.82. The monoisotopic (exact) mass is 187 g/mol. The molecule has 0 amide bonds. The number of aromatic nitrogens is 1. The average Bonchev–Trinajstić information content (AvgIpc) is 2.20. The first-order valence-corrected chi connectivity index (χ1v) is 4.33. The molecule has 1 aromatic heterocycles. The molecule has 0 saturated carbocycles. The highest BCUT2D eigenvalue weighted by Crippen LogP contribution is 2.04. The van der Waals surface area contributed by atoms with Gasteiger partial charge in [-0.1, -0.05) is 12.7 Å². The molecule has 1 rings (SSSR count). The summed E-state index contributed by atoms with van der Waals surface area (Å²) in [5.41, 5.74) is 1.64. The standard InChI is InChI=1S/C11H13N3/c1-3-6-12-8-10(2)14-11-5-4-7-13-9-11/h3-9,14H,2H2,1H3/b6-3-,12-8?. The number of pyridine rings is 1. The van der Waals surface area contributed by atoms with E-state index < -0.39 is 0 Å². The van der Waals surface area contributed by atoms with E-state index in [2.05, 4.69) is 21.9 Å². The van der Waals surface area contributed by atoms with Gasteiger partial charge in [-0.15, -0.1) is 0 Å². The van der Waals surface area contributed by atoms with Gasteiger partial charge in [-0.2, -0.15) is 0 Å². The molecule has 0 aromatic carbocycles. The second kappa shape index (κ2) is 5.70. The SMILES string of the molecule is C=C(C=N/C=C\C)Nc1cccnc1. The van der Waals surface area contributed by atoms with E-state index in [1.54, 1.807) is 24.8 Å². The summed E-state index contributed by atoms with van der Waals surface area (Å²) in [4.78, 5) is 7.97. The zero-order valence-electron chi connectivity index (χ0n) is 8.14. The van der Waals surface area contributed by atoms with Crippen molar-refractivity contribution in [1.29, 1.82) is 0 Å². The molecule has 0 aliphatic rings. The van der Waals surface area contributed by atoms with Crippen LogP contribution in [0.2, 0.25) is 0 Å². The van der Waals surface area contributed by atoms with Gasteiger partial charge in [0.05, 0.1) is 11.9 Å². The quantitative estimate of drug-likeness (QED) is 0.736. The van der Waals surface area contributed by atoms with Gasteiger partial charge in [-0.05, 0) is 19.1 Å². The Bertz CT molecular complexity index is 339. The number of aliphatic imine (C=N–C) groups is 1. The van der Waals surface area contributed by atoms with E-state index in [0.717, 1.165) is 11.4 Å². The molecule has 1 heterocycles. The van der Waals surface area contributed by atoms with E-state index >= 15 is 0 Å². The molecule has 0 aliphatic heterocycles. The highest BCUT2D eigenvalue weighted by atomic mass is 14.9. The maximum absolute atomic E-state index is 4.00. The van der Waals surface area contributed by atoms with Crippen molar-refractivity contribution in [3.8, 4) is 0 Å². The largest absolute Gasteiger partial charge is 0.353 e. The predicted molar refractivity (Wildman–Crippen MR) is 60.3 cm³/mol. The van der Waals surface area contributed by atoms with Crippen LogP contribution in [0.1, 0.15) is 6.92 Å². The van der Waals surface area contributed by atoms with Gasteiger partial charge in [0, 0.05) is 24.3 Å². The van der Waals surface area contributed by atoms with Crippen LogP contribution >= 0.6 is 0 Å². The summed E-state index contributed by atoms with van der Waals surface area (Å²) in [5.74, 6) is 0. The van der Waals surface area contributed by atoms with E-state index in [1.807, 2.05) is 25.1 Å². The first kappa shape index (κ1) is 10.2. The molecule has 72 valence electrons. The Hall–Kier alpha value is -1.90. The molecule has 0 spiro atoms. The van der Waals surface area contributed by atoms with Crippen molar-refractivity contribution < 1.29 is 0 Å². The molecule has 0 atom stereocenters. The second-order valence-corrected chi connectivity index (χ2v) is 2.65. The summed E-state index contributed by atoms with van der Waals surface area (Å²) in [6, 6.07) is 3.78. The summed E-state index contributed by atoms with van der Waals surface area (Å²) < 4.78 is 0. The van der Waals surface area contributed by atoms with Gasteiger partial charge in [-0.25, -0.2) is 0 Å². The minimum absolute atomic E-state index is 0.732. The Kier molecular flexibility index (Phi) is 4.14. The number of rotatable bonds is 4. The summed E-state index contributed by atoms with van der Waals surface area (Å²) >= 11 is 0. The van der Waals surface area contributed by atoms with Crippen LogP contribution in [-0.4, -0.2) is 11.2 Å². The van der Waals surface area contributed by atoms with Crippen LogP contribution in [0.4, 0.5) is 5.69 Å². The minimum Gasteiger partial charge on any atom is -0.353 e. The van der Waals surface area contributed by atoms with Crippen molar-refractivity contribution in [2.75, 3.05) is 5.32 Å². The lowest BCUT2D eigenvalue weighted by Gasteiger charge is -2.02. The Morgan fingerprint density at radius 2 is 2.50 bits per heavy atom. The molecule has 3 heteroatoms. The van der Waals surface area contributed by atoms with Gasteiger partial charge in [-0.3, -0.25) is 9.98 Å². The summed E-state index contributed by atoms with van der Waals surface area (Å²) in [6.45, 7) is 5.71. The maximum Gasteiger partial charge on any atom is 0.0570 e. The Morgan fingerprint density at radius 3 is 3.14 bits per heavy atom. The molecule has 0 radical (unpaired) electrons. The van der Waals surface area contributed by atoms with Crippen LogP contribution < -0.4 is 5.32 Å². The van der Waals surface area contributed by atoms with Crippen molar-refractivity contribution in [2.45, 2.75) is 6.92 Å². The third-order valence-electron chi connectivity index (χ3n) is 1.43. The third-order valence-corrected chi connectivity index (χ3v) is 1.43. The van der Waals surface area contributed by atoms with E-state index in [0.29, 0.717) is 0 Å². The number of anilines is 1. The summed E-state index contributed by atoms with van der Waals surface area (Å²) in [6.07, 6.45) is 8.67. The van der Waals surface area contributed by atoms with E-state index in [1.165, 1.54) is 0 Å². The number of allylic oxidation sites excluding steroid dienone is 2. The molecule has 0 unspecified atom stereocenters. The summed E-state index contributed by atoms with van der Waals surface area (Å²) in [5, 5.41) is 3.06. The number of hydrogen-bond donors (Lipinski definition) is 1. The molecular weight excluding hydrogens is 174 g/mol. The van der Waals surface area contributed by atoms with Gasteiger partial charge in [0.2, 0.25) is 0 Å². The van der Waals surface area contributed by atoms with Crippen LogP contribution in [0, 0.1) is 0 Å². The number of hydrogen-bond acceptors (Lipinski definition) is 3. The fraction of sp³-hybridized carbons (Fsp3) is 0.0909. The molecule has 14 heavy (non-hydrogen) atoms. The Morgan fingerprint density at radius 1 is 1.64 bits per heavy atom. The van der Waals surface area contributed by atoms with Gasteiger partial charge >= 0.3 is 0 Å². The predicted octanol–water partition coefficient (Wildman–Crippen LogP) is 2.61. The second-order valence-electron chi connectivity index (χ2n) is 2.65.